The molecule has 3 N–H and O–H groups in total. The molecule has 1 aliphatic carbocycles. The van der Waals surface area contributed by atoms with Crippen LogP contribution in [0, 0.1) is 11.8 Å². The van der Waals surface area contributed by atoms with E-state index in [1.165, 1.54) is 5.56 Å². The van der Waals surface area contributed by atoms with Gasteiger partial charge in [0, 0.05) is 0 Å². The molecular formula is C23H33BO5. The molecule has 0 saturated heterocycles. The zero-order chi connectivity index (χ0) is 21.4. The van der Waals surface area contributed by atoms with Crippen molar-refractivity contribution in [3.05, 3.63) is 53.8 Å². The van der Waals surface area contributed by atoms with Gasteiger partial charge in [-0.3, -0.25) is 0 Å². The lowest BCUT2D eigenvalue weighted by Crippen LogP contribution is -2.28. The smallest absolute Gasteiger partial charge is 0.119 e. The van der Waals surface area contributed by atoms with Crippen LogP contribution in [0.15, 0.2) is 48.3 Å². The van der Waals surface area contributed by atoms with Gasteiger partial charge in [0.15, 0.2) is 0 Å². The summed E-state index contributed by atoms with van der Waals surface area (Å²) in [5, 5.41) is 28.0. The van der Waals surface area contributed by atoms with E-state index in [9.17, 15) is 10.2 Å². The summed E-state index contributed by atoms with van der Waals surface area (Å²) in [6.07, 6.45) is 5.81. The Bertz CT molecular complexity index is 683. The second kappa shape index (κ2) is 10.9. The predicted molar refractivity (Wildman–Crippen MR) is 115 cm³/mol. The van der Waals surface area contributed by atoms with Crippen LogP contribution >= 0.6 is 0 Å². The Labute approximate surface area is 175 Å². The van der Waals surface area contributed by atoms with Crippen LogP contribution in [0.5, 0.6) is 5.75 Å². The van der Waals surface area contributed by atoms with Gasteiger partial charge in [0.25, 0.3) is 0 Å². The standard InChI is InChI=1S/C23H33BO5/c1-16-10-18(6-9-22(11-16)29-15-20(27)13-25)23(2,3)17-4-7-21(8-5-17)28-14-19(26)12-24/h4-9,11,16,18-20,25-27H,10,12-15H2,1-3H3. The number of ether oxygens (including phenoxy) is 2. The number of hydrogen-bond acceptors (Lipinski definition) is 5. The molecule has 0 heterocycles. The van der Waals surface area contributed by atoms with Gasteiger partial charge in [-0.25, -0.2) is 0 Å². The molecule has 0 saturated carbocycles. The molecule has 1 aromatic carbocycles. The maximum absolute atomic E-state index is 9.53. The second-order valence-electron chi connectivity index (χ2n) is 8.34. The number of aliphatic hydroxyl groups excluding tert-OH is 3. The normalized spacial score (nSPS) is 21.8. The largest absolute Gasteiger partial charge is 0.491 e. The zero-order valence-corrected chi connectivity index (χ0v) is 17.6. The maximum atomic E-state index is 9.53. The Balaban J connectivity index is 2.06. The van der Waals surface area contributed by atoms with Crippen LogP contribution in [0.4, 0.5) is 0 Å². The van der Waals surface area contributed by atoms with E-state index >= 15 is 0 Å². The summed E-state index contributed by atoms with van der Waals surface area (Å²) >= 11 is 0. The lowest BCUT2D eigenvalue weighted by Gasteiger charge is -2.34. The van der Waals surface area contributed by atoms with E-state index in [0.717, 1.165) is 12.2 Å². The summed E-state index contributed by atoms with van der Waals surface area (Å²) in [4.78, 5) is 0. The SMILES string of the molecule is [B]CC(O)COc1ccc(C(C)(C)C2C=CC(OCC(O)CO)=CC(C)C2)cc1. The van der Waals surface area contributed by atoms with E-state index in [-0.39, 0.29) is 31.6 Å². The van der Waals surface area contributed by atoms with Crippen LogP contribution in [0.2, 0.25) is 6.32 Å². The Morgan fingerprint density at radius 1 is 1.10 bits per heavy atom. The van der Waals surface area contributed by atoms with Gasteiger partial charge in [0.1, 0.15) is 30.8 Å². The maximum Gasteiger partial charge on any atom is 0.119 e. The van der Waals surface area contributed by atoms with Crippen molar-refractivity contribution in [3.8, 4) is 5.75 Å². The molecule has 2 rings (SSSR count). The van der Waals surface area contributed by atoms with Gasteiger partial charge in [-0.1, -0.05) is 45.3 Å². The highest BCUT2D eigenvalue weighted by molar-refractivity contribution is 6.08. The molecule has 1 aliphatic rings. The summed E-state index contributed by atoms with van der Waals surface area (Å²) in [5.74, 6) is 2.05. The van der Waals surface area contributed by atoms with Crippen LogP contribution in [0.3, 0.4) is 0 Å². The number of hydrogen-bond donors (Lipinski definition) is 3. The molecule has 4 unspecified atom stereocenters. The van der Waals surface area contributed by atoms with Gasteiger partial charge >= 0.3 is 0 Å². The quantitative estimate of drug-likeness (QED) is 0.527. The van der Waals surface area contributed by atoms with Gasteiger partial charge in [0.05, 0.1) is 20.6 Å². The van der Waals surface area contributed by atoms with Crippen LogP contribution in [-0.4, -0.2) is 55.2 Å². The molecule has 0 aromatic heterocycles. The number of benzene rings is 1. The monoisotopic (exact) mass is 400 g/mol. The molecule has 2 radical (unpaired) electrons. The van der Waals surface area contributed by atoms with Gasteiger partial charge in [-0.05, 0) is 53.5 Å². The molecule has 0 amide bonds. The molecule has 0 bridgehead atoms. The minimum Gasteiger partial charge on any atom is -0.491 e. The van der Waals surface area contributed by atoms with Crippen LogP contribution in [-0.2, 0) is 10.2 Å². The van der Waals surface area contributed by atoms with Crippen molar-refractivity contribution >= 4 is 7.85 Å². The third kappa shape index (κ3) is 6.91. The van der Waals surface area contributed by atoms with Crippen molar-refractivity contribution in [2.24, 2.45) is 11.8 Å². The van der Waals surface area contributed by atoms with Crippen molar-refractivity contribution < 1.29 is 24.8 Å². The summed E-state index contributed by atoms with van der Waals surface area (Å²) in [6.45, 7) is 6.55. The van der Waals surface area contributed by atoms with Crippen molar-refractivity contribution in [2.75, 3.05) is 19.8 Å². The fourth-order valence-electron chi connectivity index (χ4n) is 3.43. The van der Waals surface area contributed by atoms with Gasteiger partial charge in [0.2, 0.25) is 0 Å². The van der Waals surface area contributed by atoms with Gasteiger partial charge < -0.3 is 24.8 Å². The van der Waals surface area contributed by atoms with Crippen LogP contribution < -0.4 is 4.74 Å². The fourth-order valence-corrected chi connectivity index (χ4v) is 3.43. The predicted octanol–water partition coefficient (Wildman–Crippen LogP) is 2.76. The number of rotatable bonds is 10. The van der Waals surface area contributed by atoms with E-state index in [0.29, 0.717) is 17.6 Å². The molecule has 5 nitrogen and oxygen atoms in total. The average molecular weight is 400 g/mol. The highest BCUT2D eigenvalue weighted by atomic mass is 16.5. The lowest BCUT2D eigenvalue weighted by molar-refractivity contribution is 0.0326. The third-order valence-electron chi connectivity index (χ3n) is 5.46. The van der Waals surface area contributed by atoms with Crippen molar-refractivity contribution in [3.63, 3.8) is 0 Å². The van der Waals surface area contributed by atoms with Crippen LogP contribution in [0.25, 0.3) is 0 Å². The summed E-state index contributed by atoms with van der Waals surface area (Å²) < 4.78 is 11.2. The molecular weight excluding hydrogens is 367 g/mol. The van der Waals surface area contributed by atoms with E-state index in [2.05, 4.69) is 45.1 Å². The first-order valence-corrected chi connectivity index (χ1v) is 10.2. The molecule has 1 aromatic rings. The Morgan fingerprint density at radius 3 is 2.38 bits per heavy atom. The summed E-state index contributed by atoms with van der Waals surface area (Å²) in [7, 11) is 5.40. The summed E-state index contributed by atoms with van der Waals surface area (Å²) in [6, 6.07) is 7.98. The minimum atomic E-state index is -0.873. The highest BCUT2D eigenvalue weighted by Crippen LogP contribution is 2.39. The zero-order valence-electron chi connectivity index (χ0n) is 17.6. The topological polar surface area (TPSA) is 79.2 Å². The Kier molecular flexibility index (Phi) is 8.81. The first-order valence-electron chi connectivity index (χ1n) is 10.2. The average Bonchev–Trinajstić information content (AvgIpc) is 2.92. The second-order valence-corrected chi connectivity index (χ2v) is 8.34. The molecule has 0 spiro atoms. The fraction of sp³-hybridized carbons (Fsp3) is 0.565. The Morgan fingerprint density at radius 2 is 1.76 bits per heavy atom. The first-order chi connectivity index (χ1) is 13.8. The van der Waals surface area contributed by atoms with Crippen molar-refractivity contribution in [1.29, 1.82) is 0 Å². The van der Waals surface area contributed by atoms with Gasteiger partial charge in [-0.15, -0.1) is 0 Å². The summed E-state index contributed by atoms with van der Waals surface area (Å²) in [5.41, 5.74) is 1.10. The lowest BCUT2D eigenvalue weighted by atomic mass is 9.70. The molecule has 0 aliphatic heterocycles. The number of aliphatic hydroxyl groups is 3. The van der Waals surface area contributed by atoms with Crippen LogP contribution in [0.1, 0.15) is 32.8 Å². The van der Waals surface area contributed by atoms with E-state index < -0.39 is 12.2 Å². The molecule has 158 valence electrons. The molecule has 29 heavy (non-hydrogen) atoms. The molecule has 6 heteroatoms. The first kappa shape index (κ1) is 23.5. The Hall–Kier alpha value is -1.76. The van der Waals surface area contributed by atoms with Crippen molar-refractivity contribution in [2.45, 2.75) is 51.1 Å². The van der Waals surface area contributed by atoms with Gasteiger partial charge in [-0.2, -0.15) is 0 Å². The number of allylic oxidation sites excluding steroid dienone is 3. The van der Waals surface area contributed by atoms with E-state index in [4.69, 9.17) is 22.4 Å². The van der Waals surface area contributed by atoms with Crippen molar-refractivity contribution in [1.82, 2.24) is 0 Å². The van der Waals surface area contributed by atoms with E-state index in [1.807, 2.05) is 18.2 Å². The molecule has 0 fully saturated rings. The minimum absolute atomic E-state index is 0.0772. The third-order valence-corrected chi connectivity index (χ3v) is 5.46. The highest BCUT2D eigenvalue weighted by Gasteiger charge is 2.31. The molecule has 4 atom stereocenters. The van der Waals surface area contributed by atoms with E-state index in [1.54, 1.807) is 0 Å².